The summed E-state index contributed by atoms with van der Waals surface area (Å²) in [7, 11) is 1.62. The number of ether oxygens (including phenoxy) is 4. The molecule has 2 rings (SSSR count). The van der Waals surface area contributed by atoms with Gasteiger partial charge in [0.2, 0.25) is 5.91 Å². The maximum Gasteiger partial charge on any atom is 0.220 e. The molecule has 6 N–H and O–H groups in total. The number of aliphatic hydroxyl groups excluding tert-OH is 5. The number of aryl methyl sites for hydroxylation is 1. The van der Waals surface area contributed by atoms with Crippen LogP contribution < -0.4 is 10.1 Å². The minimum absolute atomic E-state index is 0.236. The second-order valence-electron chi connectivity index (χ2n) is 21.3. The van der Waals surface area contributed by atoms with Crippen molar-refractivity contribution in [1.82, 2.24) is 5.32 Å². The zero-order valence-electron chi connectivity index (χ0n) is 45.9. The van der Waals surface area contributed by atoms with Crippen molar-refractivity contribution >= 4 is 5.91 Å². The third-order valence-corrected chi connectivity index (χ3v) is 14.9. The van der Waals surface area contributed by atoms with E-state index in [1.807, 2.05) is 24.3 Å². The lowest BCUT2D eigenvalue weighted by molar-refractivity contribution is -0.309. The van der Waals surface area contributed by atoms with Crippen LogP contribution in [0.2, 0.25) is 0 Å². The summed E-state index contributed by atoms with van der Waals surface area (Å²) in [6, 6.07) is 6.77. The molecule has 0 saturated carbocycles. The average molecular weight is 1010 g/mol. The highest BCUT2D eigenvalue weighted by Crippen LogP contribution is 2.26. The molecule has 8 atom stereocenters. The molecular formula is C60H111NO10. The smallest absolute Gasteiger partial charge is 0.220 e. The summed E-state index contributed by atoms with van der Waals surface area (Å²) in [5.74, 6) is 0.542. The monoisotopic (exact) mass is 1010 g/mol. The second kappa shape index (κ2) is 45.6. The number of aliphatic hydroxyl groups is 5. The molecule has 1 aromatic rings. The van der Waals surface area contributed by atoms with Crippen LogP contribution in [0, 0.1) is 0 Å². The Kier molecular flexibility index (Phi) is 41.9. The van der Waals surface area contributed by atoms with Gasteiger partial charge in [0.1, 0.15) is 36.3 Å². The van der Waals surface area contributed by atoms with Gasteiger partial charge in [-0.05, 0) is 43.4 Å². The van der Waals surface area contributed by atoms with Gasteiger partial charge in [0.05, 0.1) is 32.5 Å². The molecule has 11 nitrogen and oxygen atoms in total. The summed E-state index contributed by atoms with van der Waals surface area (Å²) < 4.78 is 23.1. The number of nitrogens with one attached hydrogen (secondary N) is 1. The van der Waals surface area contributed by atoms with Crippen molar-refractivity contribution in [1.29, 1.82) is 0 Å². The predicted molar refractivity (Wildman–Crippen MR) is 291 cm³/mol. The van der Waals surface area contributed by atoms with Crippen molar-refractivity contribution in [3.8, 4) is 5.75 Å². The van der Waals surface area contributed by atoms with E-state index in [9.17, 15) is 30.3 Å². The Bertz CT molecular complexity index is 1320. The van der Waals surface area contributed by atoms with E-state index in [0.29, 0.717) is 19.3 Å². The van der Waals surface area contributed by atoms with Crippen LogP contribution in [0.1, 0.15) is 263 Å². The molecule has 1 aromatic carbocycles. The summed E-state index contributed by atoms with van der Waals surface area (Å²) >= 11 is 0. The lowest BCUT2D eigenvalue weighted by Crippen LogP contribution is -2.61. The maximum atomic E-state index is 13.3. The van der Waals surface area contributed by atoms with Gasteiger partial charge in [0, 0.05) is 13.0 Å². The third-order valence-electron chi connectivity index (χ3n) is 14.9. The maximum absolute atomic E-state index is 13.3. The van der Waals surface area contributed by atoms with E-state index in [2.05, 4.69) is 19.2 Å². The molecule has 1 aliphatic heterocycles. The molecule has 11 heteroatoms. The Morgan fingerprint density at radius 3 is 1.42 bits per heavy atom. The average Bonchev–Trinajstić information content (AvgIpc) is 3.38. The van der Waals surface area contributed by atoms with E-state index < -0.39 is 55.6 Å². The lowest BCUT2D eigenvalue weighted by atomic mass is 9.98. The Hall–Kier alpha value is -1.83. The number of hydrogen-bond acceptors (Lipinski definition) is 10. The number of unbranched alkanes of at least 4 members (excludes halogenated alkanes) is 33. The molecule has 71 heavy (non-hydrogen) atoms. The van der Waals surface area contributed by atoms with Gasteiger partial charge in [-0.2, -0.15) is 0 Å². The number of benzene rings is 1. The van der Waals surface area contributed by atoms with Crippen molar-refractivity contribution in [2.45, 2.75) is 313 Å². The van der Waals surface area contributed by atoms with Crippen LogP contribution in [0.15, 0.2) is 24.3 Å². The van der Waals surface area contributed by atoms with Crippen LogP contribution in [-0.4, -0.2) is 107 Å². The fraction of sp³-hybridized carbons (Fsp3) is 0.883. The first-order chi connectivity index (χ1) is 34.7. The first-order valence-electron chi connectivity index (χ1n) is 29.9. The largest absolute Gasteiger partial charge is 0.497 e. The molecule has 0 aromatic heterocycles. The van der Waals surface area contributed by atoms with Crippen LogP contribution in [0.3, 0.4) is 0 Å². The number of hydrogen-bond donors (Lipinski definition) is 6. The summed E-state index contributed by atoms with van der Waals surface area (Å²) in [4.78, 5) is 13.3. The van der Waals surface area contributed by atoms with E-state index >= 15 is 0 Å². The SMILES string of the molecule is CCCCCCCCCCCCCCCCCCCCCCCCCC(=O)N[C@@H](CO[C@H]1O[C@H](CO)[C@H](OCCCc2ccc(OC)cc2)[C@H](O)[C@H]1O)[C@H](O)[C@H](O)CCCCCCCCCCCCCC. The van der Waals surface area contributed by atoms with Crippen LogP contribution >= 0.6 is 0 Å². The Labute approximate surface area is 434 Å². The molecule has 1 fully saturated rings. The van der Waals surface area contributed by atoms with Gasteiger partial charge in [-0.3, -0.25) is 4.79 Å². The summed E-state index contributed by atoms with van der Waals surface area (Å²) in [6.07, 6.45) is 37.9. The minimum Gasteiger partial charge on any atom is -0.497 e. The number of rotatable bonds is 50. The van der Waals surface area contributed by atoms with Gasteiger partial charge in [-0.15, -0.1) is 0 Å². The number of methoxy groups -OCH3 is 1. The fourth-order valence-electron chi connectivity index (χ4n) is 10.1. The normalized spacial score (nSPS) is 19.5. The summed E-state index contributed by atoms with van der Waals surface area (Å²) in [5.41, 5.74) is 1.10. The highest BCUT2D eigenvalue weighted by molar-refractivity contribution is 5.76. The molecule has 0 radical (unpaired) electrons. The van der Waals surface area contributed by atoms with E-state index in [1.165, 1.54) is 186 Å². The zero-order valence-corrected chi connectivity index (χ0v) is 45.9. The van der Waals surface area contributed by atoms with Crippen molar-refractivity contribution in [2.75, 3.05) is 26.9 Å². The number of carbonyl (C=O) groups excluding carboxylic acids is 1. The van der Waals surface area contributed by atoms with Crippen molar-refractivity contribution in [3.05, 3.63) is 29.8 Å². The minimum atomic E-state index is -1.52. The lowest BCUT2D eigenvalue weighted by Gasteiger charge is -2.42. The van der Waals surface area contributed by atoms with E-state index in [-0.39, 0.29) is 19.1 Å². The molecule has 0 unspecified atom stereocenters. The van der Waals surface area contributed by atoms with Gasteiger partial charge in [-0.25, -0.2) is 0 Å². The molecular weight excluding hydrogens is 895 g/mol. The molecule has 1 heterocycles. The molecule has 1 aliphatic rings. The quantitative estimate of drug-likeness (QED) is 0.0346. The van der Waals surface area contributed by atoms with Crippen LogP contribution in [0.4, 0.5) is 0 Å². The Morgan fingerprint density at radius 1 is 0.577 bits per heavy atom. The number of amides is 1. The van der Waals surface area contributed by atoms with Crippen molar-refractivity contribution in [3.63, 3.8) is 0 Å². The van der Waals surface area contributed by atoms with E-state index in [1.54, 1.807) is 7.11 Å². The first kappa shape index (κ1) is 65.3. The van der Waals surface area contributed by atoms with Crippen LogP contribution in [-0.2, 0) is 25.4 Å². The number of carbonyl (C=O) groups is 1. The van der Waals surface area contributed by atoms with Gasteiger partial charge in [0.15, 0.2) is 6.29 Å². The molecule has 0 aliphatic carbocycles. The van der Waals surface area contributed by atoms with Crippen LogP contribution in [0.5, 0.6) is 5.75 Å². The molecule has 0 bridgehead atoms. The molecule has 416 valence electrons. The van der Waals surface area contributed by atoms with Gasteiger partial charge < -0.3 is 49.8 Å². The second-order valence-corrected chi connectivity index (χ2v) is 21.3. The first-order valence-corrected chi connectivity index (χ1v) is 29.9. The topological polar surface area (TPSA) is 167 Å². The van der Waals surface area contributed by atoms with Gasteiger partial charge in [0.25, 0.3) is 0 Å². The predicted octanol–water partition coefficient (Wildman–Crippen LogP) is 13.1. The standard InChI is InChI=1S/C60H111NO10/c1-4-6-8-10-12-14-16-18-19-20-21-22-23-24-25-26-27-28-30-32-34-36-38-42-55(64)61-52(56(65)53(63)41-37-35-33-31-29-17-15-13-11-9-7-5-2)49-70-60-58(67)57(66)59(54(48-62)71-60)69-47-39-40-50-43-45-51(68-3)46-44-50/h43-46,52-54,56-60,62-63,65-67H,4-42,47-49H2,1-3H3,(H,61,64)/t52-,53+,54+,56-,57+,58+,59-,60-/m0/s1. The highest BCUT2D eigenvalue weighted by Gasteiger charge is 2.46. The van der Waals surface area contributed by atoms with Gasteiger partial charge in [-0.1, -0.05) is 244 Å². The molecule has 0 spiro atoms. The van der Waals surface area contributed by atoms with Crippen molar-refractivity contribution in [2.24, 2.45) is 0 Å². The van der Waals surface area contributed by atoms with E-state index in [0.717, 1.165) is 56.3 Å². The van der Waals surface area contributed by atoms with Crippen LogP contribution in [0.25, 0.3) is 0 Å². The van der Waals surface area contributed by atoms with Gasteiger partial charge >= 0.3 is 0 Å². The Balaban J connectivity index is 1.71. The Morgan fingerprint density at radius 2 is 1.00 bits per heavy atom. The summed E-state index contributed by atoms with van der Waals surface area (Å²) in [6.45, 7) is 4.04. The zero-order chi connectivity index (χ0) is 51.4. The third kappa shape index (κ3) is 33.0. The summed E-state index contributed by atoms with van der Waals surface area (Å²) in [5, 5.41) is 57.9. The van der Waals surface area contributed by atoms with E-state index in [4.69, 9.17) is 18.9 Å². The molecule has 1 amide bonds. The highest BCUT2D eigenvalue weighted by atomic mass is 16.7. The fourth-order valence-corrected chi connectivity index (χ4v) is 10.1. The van der Waals surface area contributed by atoms with Crippen molar-refractivity contribution < 1.29 is 49.3 Å². The molecule has 1 saturated heterocycles.